The Morgan fingerprint density at radius 2 is 1.89 bits per heavy atom. The predicted molar refractivity (Wildman–Crippen MR) is 94.9 cm³/mol. The van der Waals surface area contributed by atoms with E-state index in [4.69, 9.17) is 4.74 Å². The van der Waals surface area contributed by atoms with Gasteiger partial charge in [-0.1, -0.05) is 18.2 Å². The highest BCUT2D eigenvalue weighted by molar-refractivity contribution is 6.04. The van der Waals surface area contributed by atoms with Gasteiger partial charge in [0.1, 0.15) is 5.69 Å². The smallest absolute Gasteiger partial charge is 0.312 e. The number of hydrogen-bond acceptors (Lipinski definition) is 6. The molecule has 0 aliphatic carbocycles. The molecule has 3 rings (SSSR count). The lowest BCUT2D eigenvalue weighted by atomic mass is 10.1. The second-order valence-corrected chi connectivity index (χ2v) is 5.76. The zero-order chi connectivity index (χ0) is 19.4. The summed E-state index contributed by atoms with van der Waals surface area (Å²) in [5, 5.41) is 9.26. The second-order valence-electron chi connectivity index (χ2n) is 5.76. The van der Waals surface area contributed by atoms with Crippen molar-refractivity contribution in [2.45, 2.75) is 6.42 Å². The number of hydrogen-bond donors (Lipinski definition) is 2. The van der Waals surface area contributed by atoms with Crippen molar-refractivity contribution in [2.75, 3.05) is 6.61 Å². The fourth-order valence-corrected chi connectivity index (χ4v) is 2.56. The number of fused-ring (bicyclic) bond motifs is 1. The van der Waals surface area contributed by atoms with E-state index in [-0.39, 0.29) is 12.0 Å². The molecule has 0 aliphatic rings. The standard InChI is InChI=1S/C18H16N4O5/c1-22-8-4-7-14(22)18(26)19-15(23)10-27-16(24)9-13-11-5-2-3-6-12(11)17(25)21-20-13/h2-8H,9-10H2,1H3,(H,21,25)(H,19,23,26). The highest BCUT2D eigenvalue weighted by Crippen LogP contribution is 2.13. The SMILES string of the molecule is Cn1cccc1C(=O)NC(=O)COC(=O)Cc1n[nH]c(=O)c2ccccc12. The molecule has 0 bridgehead atoms. The quantitative estimate of drug-likeness (QED) is 0.625. The number of carbonyl (C=O) groups is 3. The number of nitrogens with one attached hydrogen (secondary N) is 2. The van der Waals surface area contributed by atoms with E-state index in [1.807, 2.05) is 0 Å². The summed E-state index contributed by atoms with van der Waals surface area (Å²) in [6.45, 7) is -0.601. The molecule has 3 aromatic rings. The fourth-order valence-electron chi connectivity index (χ4n) is 2.56. The lowest BCUT2D eigenvalue weighted by Gasteiger charge is -2.07. The lowest BCUT2D eigenvalue weighted by molar-refractivity contribution is -0.147. The molecule has 2 heterocycles. The van der Waals surface area contributed by atoms with Crippen LogP contribution < -0.4 is 10.9 Å². The highest BCUT2D eigenvalue weighted by atomic mass is 16.5. The number of ether oxygens (including phenoxy) is 1. The molecule has 27 heavy (non-hydrogen) atoms. The number of imide groups is 1. The normalized spacial score (nSPS) is 10.6. The van der Waals surface area contributed by atoms with Gasteiger partial charge < -0.3 is 9.30 Å². The van der Waals surface area contributed by atoms with Crippen LogP contribution in [0.3, 0.4) is 0 Å². The summed E-state index contributed by atoms with van der Waals surface area (Å²) >= 11 is 0. The summed E-state index contributed by atoms with van der Waals surface area (Å²) < 4.78 is 6.45. The maximum absolute atomic E-state index is 12.0. The van der Waals surface area contributed by atoms with Gasteiger partial charge in [0, 0.05) is 18.6 Å². The van der Waals surface area contributed by atoms with Gasteiger partial charge in [0.15, 0.2) is 6.61 Å². The van der Waals surface area contributed by atoms with Gasteiger partial charge in [-0.25, -0.2) is 5.10 Å². The zero-order valence-corrected chi connectivity index (χ0v) is 14.4. The Balaban J connectivity index is 1.58. The van der Waals surface area contributed by atoms with Crippen molar-refractivity contribution in [1.29, 1.82) is 0 Å². The first-order valence-electron chi connectivity index (χ1n) is 8.03. The summed E-state index contributed by atoms with van der Waals surface area (Å²) in [7, 11) is 1.67. The zero-order valence-electron chi connectivity index (χ0n) is 14.4. The van der Waals surface area contributed by atoms with E-state index >= 15 is 0 Å². The average molecular weight is 368 g/mol. The Morgan fingerprint density at radius 3 is 2.59 bits per heavy atom. The van der Waals surface area contributed by atoms with Crippen LogP contribution in [0.4, 0.5) is 0 Å². The number of aryl methyl sites for hydroxylation is 1. The number of nitrogens with zero attached hydrogens (tertiary/aromatic N) is 2. The van der Waals surface area contributed by atoms with Crippen LogP contribution in [0, 0.1) is 0 Å². The summed E-state index contributed by atoms with van der Waals surface area (Å²) in [6, 6.07) is 9.94. The molecule has 0 aliphatic heterocycles. The molecule has 2 N–H and O–H groups in total. The first-order valence-corrected chi connectivity index (χ1v) is 8.03. The van der Waals surface area contributed by atoms with Crippen LogP contribution in [0.15, 0.2) is 47.4 Å². The molecule has 0 atom stereocenters. The maximum Gasteiger partial charge on any atom is 0.312 e. The third-order valence-electron chi connectivity index (χ3n) is 3.88. The number of H-pyrrole nitrogens is 1. The Bertz CT molecular complexity index is 1080. The van der Waals surface area contributed by atoms with Gasteiger partial charge in [-0.2, -0.15) is 5.10 Å². The van der Waals surface area contributed by atoms with E-state index < -0.39 is 24.4 Å². The van der Waals surface area contributed by atoms with Gasteiger partial charge in [-0.3, -0.25) is 24.5 Å². The number of aromatic amines is 1. The molecule has 9 heteroatoms. The van der Waals surface area contributed by atoms with E-state index in [1.165, 1.54) is 0 Å². The van der Waals surface area contributed by atoms with Gasteiger partial charge in [-0.05, 0) is 18.2 Å². The molecule has 9 nitrogen and oxygen atoms in total. The van der Waals surface area contributed by atoms with E-state index in [9.17, 15) is 19.2 Å². The lowest BCUT2D eigenvalue weighted by Crippen LogP contribution is -2.35. The molecular weight excluding hydrogens is 352 g/mol. The number of esters is 1. The van der Waals surface area contributed by atoms with Crippen molar-refractivity contribution in [3.05, 3.63) is 64.3 Å². The minimum Gasteiger partial charge on any atom is -0.455 e. The van der Waals surface area contributed by atoms with Crippen molar-refractivity contribution in [2.24, 2.45) is 7.05 Å². The topological polar surface area (TPSA) is 123 Å². The largest absolute Gasteiger partial charge is 0.455 e. The van der Waals surface area contributed by atoms with Crippen molar-refractivity contribution in [1.82, 2.24) is 20.1 Å². The Labute approximate surface area is 152 Å². The summed E-state index contributed by atoms with van der Waals surface area (Å²) in [6.07, 6.45) is 1.44. The molecule has 0 radical (unpaired) electrons. The minimum absolute atomic E-state index is 0.226. The predicted octanol–water partition coefficient (Wildman–Crippen LogP) is 0.304. The van der Waals surface area contributed by atoms with E-state index in [0.29, 0.717) is 22.2 Å². The van der Waals surface area contributed by atoms with E-state index in [1.54, 1.807) is 54.2 Å². The minimum atomic E-state index is -0.742. The van der Waals surface area contributed by atoms with Gasteiger partial charge in [0.2, 0.25) is 0 Å². The van der Waals surface area contributed by atoms with E-state index in [2.05, 4.69) is 15.5 Å². The third kappa shape index (κ3) is 4.09. The molecule has 2 amide bonds. The number of rotatable bonds is 5. The Hall–Kier alpha value is -3.75. The van der Waals surface area contributed by atoms with Crippen LogP contribution in [0.5, 0.6) is 0 Å². The molecule has 1 aromatic carbocycles. The number of aromatic nitrogens is 3. The van der Waals surface area contributed by atoms with Gasteiger partial charge in [-0.15, -0.1) is 0 Å². The maximum atomic E-state index is 12.0. The number of benzene rings is 1. The molecular formula is C18H16N4O5. The Kier molecular flexibility index (Phi) is 5.11. The van der Waals surface area contributed by atoms with Crippen molar-refractivity contribution < 1.29 is 19.1 Å². The van der Waals surface area contributed by atoms with E-state index in [0.717, 1.165) is 0 Å². The van der Waals surface area contributed by atoms with Gasteiger partial charge >= 0.3 is 5.97 Å². The van der Waals surface area contributed by atoms with Crippen LogP contribution in [0.2, 0.25) is 0 Å². The van der Waals surface area contributed by atoms with Gasteiger partial charge in [0.05, 0.1) is 17.5 Å². The van der Waals surface area contributed by atoms with Gasteiger partial charge in [0.25, 0.3) is 17.4 Å². The average Bonchev–Trinajstić information content (AvgIpc) is 3.09. The van der Waals surface area contributed by atoms with Crippen LogP contribution in [-0.4, -0.2) is 39.2 Å². The van der Waals surface area contributed by atoms with Crippen molar-refractivity contribution in [3.8, 4) is 0 Å². The van der Waals surface area contributed by atoms with Crippen LogP contribution >= 0.6 is 0 Å². The molecule has 0 saturated carbocycles. The van der Waals surface area contributed by atoms with Crippen LogP contribution in [0.1, 0.15) is 16.2 Å². The molecule has 2 aromatic heterocycles. The summed E-state index contributed by atoms with van der Waals surface area (Å²) in [5.41, 5.74) is 0.273. The second kappa shape index (κ2) is 7.65. The third-order valence-corrected chi connectivity index (χ3v) is 3.88. The Morgan fingerprint density at radius 1 is 1.15 bits per heavy atom. The highest BCUT2D eigenvalue weighted by Gasteiger charge is 2.16. The number of carbonyl (C=O) groups excluding carboxylic acids is 3. The van der Waals surface area contributed by atoms with Crippen molar-refractivity contribution in [3.63, 3.8) is 0 Å². The molecule has 138 valence electrons. The summed E-state index contributed by atoms with van der Waals surface area (Å²) in [4.78, 5) is 47.4. The molecule has 0 saturated heterocycles. The first-order chi connectivity index (χ1) is 13.0. The summed E-state index contributed by atoms with van der Waals surface area (Å²) in [5.74, 6) is -2.04. The van der Waals surface area contributed by atoms with Crippen LogP contribution in [-0.2, 0) is 27.8 Å². The number of amides is 2. The molecule has 0 fully saturated rings. The van der Waals surface area contributed by atoms with Crippen LogP contribution in [0.25, 0.3) is 10.8 Å². The van der Waals surface area contributed by atoms with Crippen molar-refractivity contribution >= 4 is 28.6 Å². The first kappa shape index (κ1) is 18.1. The molecule has 0 spiro atoms. The fraction of sp³-hybridized carbons (Fsp3) is 0.167. The monoisotopic (exact) mass is 368 g/mol. The molecule has 0 unspecified atom stereocenters.